The molecule has 0 aliphatic carbocycles. The molecule has 2 N–H and O–H groups in total. The van der Waals surface area contributed by atoms with Gasteiger partial charge in [0, 0.05) is 5.57 Å². The number of aryl methyl sites for hydroxylation is 1. The van der Waals surface area contributed by atoms with Gasteiger partial charge in [-0.2, -0.15) is 0 Å². The highest BCUT2D eigenvalue weighted by molar-refractivity contribution is 6.04. The number of hydrogen-bond donors (Lipinski definition) is 2. The number of carbonyl (C=O) groups is 1. The normalized spacial score (nSPS) is 18.3. The van der Waals surface area contributed by atoms with Crippen molar-refractivity contribution < 1.29 is 4.79 Å². The van der Waals surface area contributed by atoms with Crippen molar-refractivity contribution in [3.05, 3.63) is 53.1 Å². The smallest absolute Gasteiger partial charge is 0.263 e. The molecule has 0 spiro atoms. The average Bonchev–Trinajstić information content (AvgIpc) is 2.83. The lowest BCUT2D eigenvalue weighted by molar-refractivity contribution is -0.116. The molecule has 1 aliphatic heterocycles. The van der Waals surface area contributed by atoms with E-state index in [0.29, 0.717) is 0 Å². The van der Waals surface area contributed by atoms with Gasteiger partial charge in [-0.25, -0.2) is 5.43 Å². The van der Waals surface area contributed by atoms with E-state index in [1.807, 2.05) is 13.8 Å². The van der Waals surface area contributed by atoms with E-state index in [0.717, 1.165) is 12.0 Å². The summed E-state index contributed by atoms with van der Waals surface area (Å²) >= 11 is 0. The van der Waals surface area contributed by atoms with Gasteiger partial charge in [-0.1, -0.05) is 56.2 Å². The van der Waals surface area contributed by atoms with Crippen LogP contribution in [0, 0.1) is 0 Å². The highest BCUT2D eigenvalue weighted by Gasteiger charge is 2.35. The summed E-state index contributed by atoms with van der Waals surface area (Å²) in [5, 5.41) is 2.43. The summed E-state index contributed by atoms with van der Waals surface area (Å²) in [6.45, 7) is 6.28. The second-order valence-electron chi connectivity index (χ2n) is 7.08. The van der Waals surface area contributed by atoms with E-state index < -0.39 is 0 Å². The zero-order valence-corrected chi connectivity index (χ0v) is 14.8. The van der Waals surface area contributed by atoms with Crippen LogP contribution in [0.4, 0.5) is 0 Å². The Hall–Kier alpha value is -2.13. The van der Waals surface area contributed by atoms with E-state index in [4.69, 9.17) is 0 Å². The van der Waals surface area contributed by atoms with Gasteiger partial charge in [0.2, 0.25) is 0 Å². The number of rotatable bonds is 5. The Morgan fingerprint density at radius 3 is 2.58 bits per heavy atom. The molecule has 0 atom stereocenters. The number of benzene rings is 2. The zero-order chi connectivity index (χ0) is 17.2. The van der Waals surface area contributed by atoms with Crippen LogP contribution in [-0.4, -0.2) is 11.4 Å². The number of fused-ring (bicyclic) bond motifs is 1. The van der Waals surface area contributed by atoms with Gasteiger partial charge in [0.25, 0.3) is 5.91 Å². The first kappa shape index (κ1) is 16.7. The van der Waals surface area contributed by atoms with Gasteiger partial charge < -0.3 is 0 Å². The van der Waals surface area contributed by atoms with Crippen LogP contribution >= 0.6 is 0 Å². The topological polar surface area (TPSA) is 41.1 Å². The zero-order valence-electron chi connectivity index (χ0n) is 14.8. The fourth-order valence-electron chi connectivity index (χ4n) is 3.32. The Labute approximate surface area is 144 Å². The van der Waals surface area contributed by atoms with Crippen molar-refractivity contribution in [2.75, 3.05) is 0 Å². The second kappa shape index (κ2) is 6.78. The molecule has 1 fully saturated rings. The molecule has 2 aromatic rings. The monoisotopic (exact) mass is 322 g/mol. The predicted octanol–water partition coefficient (Wildman–Crippen LogP) is 4.37. The van der Waals surface area contributed by atoms with Crippen molar-refractivity contribution in [2.24, 2.45) is 0 Å². The lowest BCUT2D eigenvalue weighted by Crippen LogP contribution is -2.38. The fraction of sp³-hybridized carbons (Fsp3) is 0.381. The molecule has 126 valence electrons. The van der Waals surface area contributed by atoms with Crippen molar-refractivity contribution in [2.45, 2.75) is 52.0 Å². The Bertz CT molecular complexity index is 790. The molecule has 3 heteroatoms. The summed E-state index contributed by atoms with van der Waals surface area (Å²) in [4.78, 5) is 12.3. The van der Waals surface area contributed by atoms with E-state index in [9.17, 15) is 4.79 Å². The molecule has 24 heavy (non-hydrogen) atoms. The van der Waals surface area contributed by atoms with Gasteiger partial charge >= 0.3 is 0 Å². The molecule has 0 unspecified atom stereocenters. The van der Waals surface area contributed by atoms with Gasteiger partial charge in [0.15, 0.2) is 0 Å². The van der Waals surface area contributed by atoms with Gasteiger partial charge in [-0.05, 0) is 54.7 Å². The van der Waals surface area contributed by atoms with Gasteiger partial charge in [-0.3, -0.25) is 10.2 Å². The fourth-order valence-corrected chi connectivity index (χ4v) is 3.32. The second-order valence-corrected chi connectivity index (χ2v) is 7.08. The number of hydrazine groups is 1. The molecule has 3 nitrogen and oxygen atoms in total. The summed E-state index contributed by atoms with van der Waals surface area (Å²) in [7, 11) is 0. The molecule has 1 saturated heterocycles. The van der Waals surface area contributed by atoms with Crippen LogP contribution in [0.3, 0.4) is 0 Å². The SMILES string of the molecule is CCCCCc1ccc2ccccc2c1/C=C1\C(=O)NNC1(C)C. The highest BCUT2D eigenvalue weighted by atomic mass is 16.2. The number of amides is 1. The maximum Gasteiger partial charge on any atom is 0.263 e. The van der Waals surface area contributed by atoms with Crippen LogP contribution in [0.15, 0.2) is 42.0 Å². The third-order valence-corrected chi connectivity index (χ3v) is 4.81. The Balaban J connectivity index is 2.12. The van der Waals surface area contributed by atoms with Gasteiger partial charge in [0.05, 0.1) is 5.54 Å². The molecular formula is C21H26N2O. The highest BCUT2D eigenvalue weighted by Crippen LogP contribution is 2.30. The number of carbonyl (C=O) groups excluding carboxylic acids is 1. The molecule has 2 aromatic carbocycles. The Morgan fingerprint density at radius 2 is 1.88 bits per heavy atom. The molecule has 1 amide bonds. The van der Waals surface area contributed by atoms with Gasteiger partial charge in [0.1, 0.15) is 0 Å². The van der Waals surface area contributed by atoms with E-state index in [1.54, 1.807) is 0 Å². The molecule has 0 aromatic heterocycles. The molecule has 1 aliphatic rings. The Kier molecular flexibility index (Phi) is 4.72. The standard InChI is InChI=1S/C21H26N2O/c1-4-5-6-9-16-13-12-15-10-7-8-11-17(15)18(16)14-19-20(24)22-23-21(19,2)3/h7-8,10-14,23H,4-6,9H2,1-3H3,(H,22,24)/b19-14+. The lowest BCUT2D eigenvalue weighted by atomic mass is 9.89. The largest absolute Gasteiger partial charge is 0.287 e. The number of nitrogens with one attached hydrogen (secondary N) is 2. The van der Waals surface area contributed by atoms with Crippen LogP contribution in [0.25, 0.3) is 16.8 Å². The van der Waals surface area contributed by atoms with Crippen molar-refractivity contribution in [3.8, 4) is 0 Å². The Morgan fingerprint density at radius 1 is 1.08 bits per heavy atom. The minimum atomic E-state index is -0.366. The average molecular weight is 322 g/mol. The van der Waals surface area contributed by atoms with Crippen LogP contribution in [0.2, 0.25) is 0 Å². The van der Waals surface area contributed by atoms with Crippen LogP contribution in [0.1, 0.15) is 51.2 Å². The van der Waals surface area contributed by atoms with Crippen LogP contribution < -0.4 is 10.9 Å². The van der Waals surface area contributed by atoms with E-state index in [2.05, 4.69) is 60.2 Å². The predicted molar refractivity (Wildman–Crippen MR) is 101 cm³/mol. The van der Waals surface area contributed by atoms with Gasteiger partial charge in [-0.15, -0.1) is 0 Å². The number of unbranched alkanes of at least 4 members (excludes halogenated alkanes) is 2. The van der Waals surface area contributed by atoms with Crippen LogP contribution in [0.5, 0.6) is 0 Å². The number of hydrogen-bond acceptors (Lipinski definition) is 2. The van der Waals surface area contributed by atoms with Crippen molar-refractivity contribution in [3.63, 3.8) is 0 Å². The summed E-state index contributed by atoms with van der Waals surface area (Å²) < 4.78 is 0. The van der Waals surface area contributed by atoms with Crippen molar-refractivity contribution in [1.29, 1.82) is 0 Å². The summed E-state index contributed by atoms with van der Waals surface area (Å²) in [5.74, 6) is -0.0348. The summed E-state index contributed by atoms with van der Waals surface area (Å²) in [5.41, 5.74) is 8.74. The molecule has 0 bridgehead atoms. The van der Waals surface area contributed by atoms with E-state index in [1.165, 1.54) is 41.2 Å². The first-order valence-corrected chi connectivity index (χ1v) is 8.83. The molecule has 1 heterocycles. The molecule has 0 saturated carbocycles. The molecular weight excluding hydrogens is 296 g/mol. The van der Waals surface area contributed by atoms with Crippen molar-refractivity contribution in [1.82, 2.24) is 10.9 Å². The quantitative estimate of drug-likeness (QED) is 0.634. The first-order valence-electron chi connectivity index (χ1n) is 8.83. The molecule has 0 radical (unpaired) electrons. The lowest BCUT2D eigenvalue weighted by Gasteiger charge is -2.18. The van der Waals surface area contributed by atoms with E-state index in [-0.39, 0.29) is 11.4 Å². The van der Waals surface area contributed by atoms with Crippen molar-refractivity contribution >= 4 is 22.8 Å². The first-order chi connectivity index (χ1) is 11.5. The minimum Gasteiger partial charge on any atom is -0.287 e. The third-order valence-electron chi connectivity index (χ3n) is 4.81. The summed E-state index contributed by atoms with van der Waals surface area (Å²) in [6.07, 6.45) is 6.75. The molecule has 3 rings (SSSR count). The third kappa shape index (κ3) is 3.22. The maximum absolute atomic E-state index is 12.3. The minimum absolute atomic E-state index is 0.0348. The van der Waals surface area contributed by atoms with E-state index >= 15 is 0 Å². The maximum atomic E-state index is 12.3. The summed E-state index contributed by atoms with van der Waals surface area (Å²) in [6, 6.07) is 12.8. The van der Waals surface area contributed by atoms with Crippen LogP contribution in [-0.2, 0) is 11.2 Å².